The second-order valence-electron chi connectivity index (χ2n) is 3.79. The fourth-order valence-electron chi connectivity index (χ4n) is 1.10. The summed E-state index contributed by atoms with van der Waals surface area (Å²) in [6.07, 6.45) is 0. The maximum atomic E-state index is 10.7. The number of aromatic carboxylic acids is 1. The van der Waals surface area contributed by atoms with Gasteiger partial charge in [0.1, 0.15) is 0 Å². The fourth-order valence-corrected chi connectivity index (χ4v) is 1.10. The van der Waals surface area contributed by atoms with E-state index in [0.717, 1.165) is 0 Å². The minimum absolute atomic E-state index is 0.215. The predicted molar refractivity (Wildman–Crippen MR) is 56.3 cm³/mol. The van der Waals surface area contributed by atoms with Crippen molar-refractivity contribution in [2.75, 3.05) is 6.61 Å². The molecule has 0 bridgehead atoms. The second kappa shape index (κ2) is 4.77. The summed E-state index contributed by atoms with van der Waals surface area (Å²) >= 11 is 0. The molecule has 82 valence electrons. The lowest BCUT2D eigenvalue weighted by atomic mass is 10.2. The molecule has 4 heteroatoms. The molecule has 0 atom stereocenters. The first kappa shape index (κ1) is 11.5. The van der Waals surface area contributed by atoms with Crippen molar-refractivity contribution < 1.29 is 14.6 Å². The van der Waals surface area contributed by atoms with Gasteiger partial charge in [-0.3, -0.25) is 0 Å². The molecule has 0 amide bonds. The second-order valence-corrected chi connectivity index (χ2v) is 3.79. The Labute approximate surface area is 88.9 Å². The molecular weight excluding hydrogens is 194 g/mol. The Balaban J connectivity index is 2.78. The van der Waals surface area contributed by atoms with Crippen molar-refractivity contribution in [1.82, 2.24) is 4.98 Å². The summed E-state index contributed by atoms with van der Waals surface area (Å²) in [5.74, 6) is -0.0622. The van der Waals surface area contributed by atoms with Crippen LogP contribution in [0.4, 0.5) is 0 Å². The van der Waals surface area contributed by atoms with Gasteiger partial charge in [0.05, 0.1) is 17.9 Å². The van der Waals surface area contributed by atoms with Crippen molar-refractivity contribution in [2.45, 2.75) is 20.8 Å². The van der Waals surface area contributed by atoms with Crippen molar-refractivity contribution in [3.05, 3.63) is 23.4 Å². The van der Waals surface area contributed by atoms with E-state index in [0.29, 0.717) is 24.1 Å². The molecule has 15 heavy (non-hydrogen) atoms. The van der Waals surface area contributed by atoms with Gasteiger partial charge in [-0.2, -0.15) is 0 Å². The highest BCUT2D eigenvalue weighted by Crippen LogP contribution is 2.13. The van der Waals surface area contributed by atoms with Gasteiger partial charge in [-0.25, -0.2) is 9.78 Å². The molecule has 0 spiro atoms. The Kier molecular flexibility index (Phi) is 3.66. The van der Waals surface area contributed by atoms with Crippen LogP contribution < -0.4 is 4.74 Å². The van der Waals surface area contributed by atoms with E-state index < -0.39 is 5.97 Å². The van der Waals surface area contributed by atoms with Gasteiger partial charge in [0.2, 0.25) is 5.88 Å². The number of ether oxygens (including phenoxy) is 1. The van der Waals surface area contributed by atoms with Crippen LogP contribution in [0, 0.1) is 12.8 Å². The molecule has 1 rings (SSSR count). The molecule has 1 heterocycles. The highest BCUT2D eigenvalue weighted by atomic mass is 16.5. The molecule has 1 N–H and O–H groups in total. The third kappa shape index (κ3) is 3.23. The Bertz CT molecular complexity index is 361. The van der Waals surface area contributed by atoms with Gasteiger partial charge in [-0.05, 0) is 18.9 Å². The Morgan fingerprint density at radius 2 is 2.20 bits per heavy atom. The number of nitrogens with zero attached hydrogens (tertiary/aromatic N) is 1. The standard InChI is InChI=1S/C11H15NO3/c1-7(2)6-15-10-5-4-9(11(13)14)8(3)12-10/h4-5,7H,6H2,1-3H3,(H,13,14). The molecule has 0 saturated heterocycles. The minimum Gasteiger partial charge on any atom is -0.478 e. The predicted octanol–water partition coefficient (Wildman–Crippen LogP) is 2.12. The molecule has 0 fully saturated rings. The molecule has 0 saturated carbocycles. The Hall–Kier alpha value is -1.58. The average molecular weight is 209 g/mol. The maximum absolute atomic E-state index is 10.7. The Morgan fingerprint density at radius 3 is 2.67 bits per heavy atom. The van der Waals surface area contributed by atoms with Crippen molar-refractivity contribution in [3.63, 3.8) is 0 Å². The first-order valence-electron chi connectivity index (χ1n) is 4.84. The van der Waals surface area contributed by atoms with Crippen LogP contribution in [0.5, 0.6) is 5.88 Å². The largest absolute Gasteiger partial charge is 0.478 e. The molecule has 0 aliphatic carbocycles. The number of hydrogen-bond donors (Lipinski definition) is 1. The molecule has 0 aliphatic rings. The van der Waals surface area contributed by atoms with E-state index in [9.17, 15) is 4.79 Å². The van der Waals surface area contributed by atoms with Crippen molar-refractivity contribution >= 4 is 5.97 Å². The summed E-state index contributed by atoms with van der Waals surface area (Å²) in [6, 6.07) is 3.10. The zero-order chi connectivity index (χ0) is 11.4. The Morgan fingerprint density at radius 1 is 1.53 bits per heavy atom. The number of carboxylic acids is 1. The van der Waals surface area contributed by atoms with Gasteiger partial charge in [-0.1, -0.05) is 13.8 Å². The monoisotopic (exact) mass is 209 g/mol. The minimum atomic E-state index is -0.963. The fraction of sp³-hybridized carbons (Fsp3) is 0.455. The molecular formula is C11H15NO3. The first-order chi connectivity index (χ1) is 7.00. The van der Waals surface area contributed by atoms with Gasteiger partial charge in [0.15, 0.2) is 0 Å². The van der Waals surface area contributed by atoms with Crippen LogP contribution in [-0.2, 0) is 0 Å². The summed E-state index contributed by atoms with van der Waals surface area (Å²) in [6.45, 7) is 6.32. The normalized spacial score (nSPS) is 10.4. The topological polar surface area (TPSA) is 59.4 Å². The summed E-state index contributed by atoms with van der Waals surface area (Å²) in [5.41, 5.74) is 0.690. The van der Waals surface area contributed by atoms with Crippen LogP contribution in [-0.4, -0.2) is 22.7 Å². The molecule has 1 aromatic heterocycles. The summed E-state index contributed by atoms with van der Waals surface area (Å²) < 4.78 is 5.38. The summed E-state index contributed by atoms with van der Waals surface area (Å²) in [7, 11) is 0. The van der Waals surface area contributed by atoms with Gasteiger partial charge in [-0.15, -0.1) is 0 Å². The van der Waals surface area contributed by atoms with Crippen LogP contribution in [0.15, 0.2) is 12.1 Å². The maximum Gasteiger partial charge on any atom is 0.337 e. The zero-order valence-corrected chi connectivity index (χ0v) is 9.15. The van der Waals surface area contributed by atoms with Crippen molar-refractivity contribution in [2.24, 2.45) is 5.92 Å². The van der Waals surface area contributed by atoms with Gasteiger partial charge in [0.25, 0.3) is 0 Å². The van der Waals surface area contributed by atoms with Crippen LogP contribution >= 0.6 is 0 Å². The molecule has 0 aromatic carbocycles. The van der Waals surface area contributed by atoms with Crippen molar-refractivity contribution in [3.8, 4) is 5.88 Å². The van der Waals surface area contributed by atoms with E-state index >= 15 is 0 Å². The molecule has 0 radical (unpaired) electrons. The number of rotatable bonds is 4. The average Bonchev–Trinajstić information content (AvgIpc) is 2.14. The van der Waals surface area contributed by atoms with E-state index in [-0.39, 0.29) is 5.56 Å². The third-order valence-corrected chi connectivity index (χ3v) is 1.86. The molecule has 1 aromatic rings. The highest BCUT2D eigenvalue weighted by Gasteiger charge is 2.09. The van der Waals surface area contributed by atoms with Gasteiger partial charge >= 0.3 is 5.97 Å². The number of carboxylic acid groups (broad SMARTS) is 1. The van der Waals surface area contributed by atoms with Crippen LogP contribution in [0.25, 0.3) is 0 Å². The molecule has 4 nitrogen and oxygen atoms in total. The van der Waals surface area contributed by atoms with E-state index in [4.69, 9.17) is 9.84 Å². The number of aryl methyl sites for hydroxylation is 1. The zero-order valence-electron chi connectivity index (χ0n) is 9.15. The van der Waals surface area contributed by atoms with E-state index in [1.807, 2.05) is 13.8 Å². The van der Waals surface area contributed by atoms with Crippen molar-refractivity contribution in [1.29, 1.82) is 0 Å². The quantitative estimate of drug-likeness (QED) is 0.825. The van der Waals surface area contributed by atoms with E-state index in [2.05, 4.69) is 4.98 Å². The number of pyridine rings is 1. The van der Waals surface area contributed by atoms with E-state index in [1.54, 1.807) is 13.0 Å². The SMILES string of the molecule is Cc1nc(OCC(C)C)ccc1C(=O)O. The number of hydrogen-bond acceptors (Lipinski definition) is 3. The molecule has 0 aliphatic heterocycles. The number of carbonyl (C=O) groups is 1. The number of aromatic nitrogens is 1. The van der Waals surface area contributed by atoms with Gasteiger partial charge in [0, 0.05) is 6.07 Å². The lowest BCUT2D eigenvalue weighted by molar-refractivity contribution is 0.0695. The smallest absolute Gasteiger partial charge is 0.337 e. The lowest BCUT2D eigenvalue weighted by Crippen LogP contribution is -2.08. The first-order valence-corrected chi connectivity index (χ1v) is 4.84. The lowest BCUT2D eigenvalue weighted by Gasteiger charge is -2.08. The highest BCUT2D eigenvalue weighted by molar-refractivity contribution is 5.88. The third-order valence-electron chi connectivity index (χ3n) is 1.86. The van der Waals surface area contributed by atoms with Crippen LogP contribution in [0.2, 0.25) is 0 Å². The van der Waals surface area contributed by atoms with Crippen LogP contribution in [0.1, 0.15) is 29.9 Å². The molecule has 0 unspecified atom stereocenters. The summed E-state index contributed by atoms with van der Waals surface area (Å²) in [4.78, 5) is 14.8. The van der Waals surface area contributed by atoms with Crippen LogP contribution in [0.3, 0.4) is 0 Å². The van der Waals surface area contributed by atoms with Gasteiger partial charge < -0.3 is 9.84 Å². The summed E-state index contributed by atoms with van der Waals surface area (Å²) in [5, 5.41) is 8.79. The van der Waals surface area contributed by atoms with E-state index in [1.165, 1.54) is 6.07 Å².